The van der Waals surface area contributed by atoms with Crippen LogP contribution in [0.1, 0.15) is 12.5 Å². The van der Waals surface area contributed by atoms with E-state index in [-0.39, 0.29) is 5.91 Å². The standard InChI is InChI=1S/C20H24N2O2/c1-16-8-6-7-11-19(16)24-17(2)20(23)22-14-12-21(13-15-22)18-9-4-3-5-10-18/h3-11,17H,12-15H2,1-2H3/t17-/m0/s1. The van der Waals surface area contributed by atoms with Gasteiger partial charge in [0.2, 0.25) is 0 Å². The number of ether oxygens (including phenoxy) is 1. The van der Waals surface area contributed by atoms with Crippen molar-refractivity contribution in [1.82, 2.24) is 4.90 Å². The van der Waals surface area contributed by atoms with Crippen LogP contribution in [0.4, 0.5) is 5.69 Å². The van der Waals surface area contributed by atoms with Crippen LogP contribution in [0.3, 0.4) is 0 Å². The van der Waals surface area contributed by atoms with E-state index in [2.05, 4.69) is 17.0 Å². The van der Waals surface area contributed by atoms with Crippen LogP contribution in [0.5, 0.6) is 5.75 Å². The summed E-state index contributed by atoms with van der Waals surface area (Å²) < 4.78 is 5.87. The van der Waals surface area contributed by atoms with E-state index in [0.29, 0.717) is 0 Å². The van der Waals surface area contributed by atoms with Gasteiger partial charge >= 0.3 is 0 Å². The average molecular weight is 324 g/mol. The summed E-state index contributed by atoms with van der Waals surface area (Å²) in [6.07, 6.45) is -0.464. The summed E-state index contributed by atoms with van der Waals surface area (Å²) in [5, 5.41) is 0. The molecule has 4 heteroatoms. The van der Waals surface area contributed by atoms with Crippen LogP contribution < -0.4 is 9.64 Å². The maximum absolute atomic E-state index is 12.6. The molecule has 24 heavy (non-hydrogen) atoms. The number of rotatable bonds is 4. The van der Waals surface area contributed by atoms with Gasteiger partial charge in [0, 0.05) is 31.9 Å². The quantitative estimate of drug-likeness (QED) is 0.866. The number of aryl methyl sites for hydroxylation is 1. The Kier molecular flexibility index (Phi) is 5.04. The lowest BCUT2D eigenvalue weighted by molar-refractivity contribution is -0.138. The number of hydrogen-bond acceptors (Lipinski definition) is 3. The largest absolute Gasteiger partial charge is 0.481 e. The molecule has 4 nitrogen and oxygen atoms in total. The van der Waals surface area contributed by atoms with Crippen LogP contribution >= 0.6 is 0 Å². The number of carbonyl (C=O) groups is 1. The third kappa shape index (κ3) is 3.70. The van der Waals surface area contributed by atoms with Crippen molar-refractivity contribution in [3.05, 3.63) is 60.2 Å². The van der Waals surface area contributed by atoms with Gasteiger partial charge in [0.25, 0.3) is 5.91 Å². The zero-order chi connectivity index (χ0) is 16.9. The molecule has 0 radical (unpaired) electrons. The lowest BCUT2D eigenvalue weighted by Crippen LogP contribution is -2.52. The number of nitrogens with zero attached hydrogens (tertiary/aromatic N) is 2. The van der Waals surface area contributed by atoms with Gasteiger partial charge in [0.15, 0.2) is 6.10 Å². The maximum atomic E-state index is 12.6. The van der Waals surface area contributed by atoms with E-state index in [1.54, 1.807) is 0 Å². The van der Waals surface area contributed by atoms with Crippen LogP contribution in [-0.4, -0.2) is 43.1 Å². The van der Waals surface area contributed by atoms with Gasteiger partial charge in [-0.25, -0.2) is 0 Å². The molecule has 0 aromatic heterocycles. The third-order valence-corrected chi connectivity index (χ3v) is 4.46. The van der Waals surface area contributed by atoms with E-state index >= 15 is 0 Å². The van der Waals surface area contributed by atoms with Gasteiger partial charge in [0.05, 0.1) is 0 Å². The molecule has 1 saturated heterocycles. The summed E-state index contributed by atoms with van der Waals surface area (Å²) >= 11 is 0. The summed E-state index contributed by atoms with van der Waals surface area (Å²) in [4.78, 5) is 16.9. The number of anilines is 1. The van der Waals surface area contributed by atoms with E-state index in [1.807, 2.05) is 61.2 Å². The Morgan fingerprint density at radius 2 is 1.58 bits per heavy atom. The Morgan fingerprint density at radius 3 is 2.25 bits per heavy atom. The maximum Gasteiger partial charge on any atom is 0.263 e. The molecule has 0 spiro atoms. The summed E-state index contributed by atoms with van der Waals surface area (Å²) in [5.41, 5.74) is 2.26. The second-order valence-corrected chi connectivity index (χ2v) is 6.17. The third-order valence-electron chi connectivity index (χ3n) is 4.46. The normalized spacial score (nSPS) is 15.9. The molecular formula is C20H24N2O2. The van der Waals surface area contributed by atoms with Gasteiger partial charge in [-0.05, 0) is 37.6 Å². The van der Waals surface area contributed by atoms with Crippen molar-refractivity contribution >= 4 is 11.6 Å². The second kappa shape index (κ2) is 7.39. The molecule has 0 unspecified atom stereocenters. The van der Waals surface area contributed by atoms with Crippen LogP contribution in [0.15, 0.2) is 54.6 Å². The van der Waals surface area contributed by atoms with E-state index in [1.165, 1.54) is 5.69 Å². The first-order valence-electron chi connectivity index (χ1n) is 8.46. The molecule has 0 aliphatic carbocycles. The molecule has 2 aromatic rings. The molecule has 0 N–H and O–H groups in total. The molecule has 3 rings (SSSR count). The second-order valence-electron chi connectivity index (χ2n) is 6.17. The minimum atomic E-state index is -0.464. The molecule has 1 amide bonds. The van der Waals surface area contributed by atoms with Gasteiger partial charge in [-0.15, -0.1) is 0 Å². The van der Waals surface area contributed by atoms with E-state index < -0.39 is 6.10 Å². The van der Waals surface area contributed by atoms with Gasteiger partial charge in [-0.1, -0.05) is 36.4 Å². The number of piperazine rings is 1. The Labute approximate surface area is 143 Å². The van der Waals surface area contributed by atoms with Gasteiger partial charge < -0.3 is 14.5 Å². The first-order valence-corrected chi connectivity index (χ1v) is 8.46. The van der Waals surface area contributed by atoms with Gasteiger partial charge in [-0.3, -0.25) is 4.79 Å². The molecule has 1 atom stereocenters. The summed E-state index contributed by atoms with van der Waals surface area (Å²) in [6, 6.07) is 18.1. The lowest BCUT2D eigenvalue weighted by Gasteiger charge is -2.37. The minimum Gasteiger partial charge on any atom is -0.481 e. The highest BCUT2D eigenvalue weighted by molar-refractivity contribution is 5.81. The molecule has 0 saturated carbocycles. The van der Waals surface area contributed by atoms with E-state index in [4.69, 9.17) is 4.74 Å². The van der Waals surface area contributed by atoms with Crippen molar-refractivity contribution in [2.75, 3.05) is 31.1 Å². The minimum absolute atomic E-state index is 0.0611. The molecule has 1 fully saturated rings. The fourth-order valence-corrected chi connectivity index (χ4v) is 3.01. The SMILES string of the molecule is Cc1ccccc1O[C@@H](C)C(=O)N1CCN(c2ccccc2)CC1. The molecule has 1 aliphatic heterocycles. The molecule has 1 heterocycles. The smallest absolute Gasteiger partial charge is 0.263 e. The highest BCUT2D eigenvalue weighted by Crippen LogP contribution is 2.20. The van der Waals surface area contributed by atoms with Crippen molar-refractivity contribution in [2.45, 2.75) is 20.0 Å². The Bertz CT molecular complexity index is 679. The monoisotopic (exact) mass is 324 g/mol. The highest BCUT2D eigenvalue weighted by atomic mass is 16.5. The predicted octanol–water partition coefficient (Wildman–Crippen LogP) is 3.11. The first-order chi connectivity index (χ1) is 11.6. The van der Waals surface area contributed by atoms with E-state index in [9.17, 15) is 4.79 Å². The number of carbonyl (C=O) groups excluding carboxylic acids is 1. The van der Waals surface area contributed by atoms with Crippen LogP contribution in [-0.2, 0) is 4.79 Å². The van der Waals surface area contributed by atoms with Crippen LogP contribution in [0.25, 0.3) is 0 Å². The first kappa shape index (κ1) is 16.4. The van der Waals surface area contributed by atoms with Crippen molar-refractivity contribution in [3.8, 4) is 5.75 Å². The zero-order valence-electron chi connectivity index (χ0n) is 14.3. The Morgan fingerprint density at radius 1 is 0.958 bits per heavy atom. The zero-order valence-corrected chi connectivity index (χ0v) is 14.3. The predicted molar refractivity (Wildman–Crippen MR) is 96.5 cm³/mol. The molecule has 0 bridgehead atoms. The fourth-order valence-electron chi connectivity index (χ4n) is 3.01. The molecule has 1 aliphatic rings. The van der Waals surface area contributed by atoms with Gasteiger partial charge in [0.1, 0.15) is 5.75 Å². The number of amides is 1. The van der Waals surface area contributed by atoms with E-state index in [0.717, 1.165) is 37.5 Å². The fraction of sp³-hybridized carbons (Fsp3) is 0.350. The van der Waals surface area contributed by atoms with Crippen LogP contribution in [0, 0.1) is 6.92 Å². The van der Waals surface area contributed by atoms with Crippen LogP contribution in [0.2, 0.25) is 0 Å². The Hall–Kier alpha value is -2.49. The number of para-hydroxylation sites is 2. The van der Waals surface area contributed by atoms with Crippen molar-refractivity contribution in [2.24, 2.45) is 0 Å². The lowest BCUT2D eigenvalue weighted by atomic mass is 10.2. The Balaban J connectivity index is 1.56. The summed E-state index contributed by atoms with van der Waals surface area (Å²) in [6.45, 7) is 6.99. The summed E-state index contributed by atoms with van der Waals surface area (Å²) in [7, 11) is 0. The summed E-state index contributed by atoms with van der Waals surface area (Å²) in [5.74, 6) is 0.840. The molecule has 126 valence electrons. The average Bonchev–Trinajstić information content (AvgIpc) is 2.64. The molecule has 2 aromatic carbocycles. The number of hydrogen-bond donors (Lipinski definition) is 0. The van der Waals surface area contributed by atoms with Crippen molar-refractivity contribution in [1.29, 1.82) is 0 Å². The van der Waals surface area contributed by atoms with Crippen molar-refractivity contribution in [3.63, 3.8) is 0 Å². The van der Waals surface area contributed by atoms with Crippen molar-refractivity contribution < 1.29 is 9.53 Å². The molecular weight excluding hydrogens is 300 g/mol. The van der Waals surface area contributed by atoms with Gasteiger partial charge in [-0.2, -0.15) is 0 Å². The topological polar surface area (TPSA) is 32.8 Å². The highest BCUT2D eigenvalue weighted by Gasteiger charge is 2.26. The number of benzene rings is 2.